The number of nitrogens with two attached hydrogens (primary N) is 1. The number of primary amides is 1. The molecule has 1 heterocycles. The lowest BCUT2D eigenvalue weighted by atomic mass is 10.2. The van der Waals surface area contributed by atoms with Crippen molar-refractivity contribution < 1.29 is 28.7 Å². The number of imide groups is 1. The molecule has 1 fully saturated rings. The summed E-state index contributed by atoms with van der Waals surface area (Å²) in [6, 6.07) is 13.0. The van der Waals surface area contributed by atoms with Crippen LogP contribution in [0.15, 0.2) is 53.4 Å². The van der Waals surface area contributed by atoms with Gasteiger partial charge in [-0.05, 0) is 59.8 Å². The summed E-state index contributed by atoms with van der Waals surface area (Å²) in [7, 11) is 1.53. The molecule has 0 aromatic heterocycles. The van der Waals surface area contributed by atoms with E-state index in [9.17, 15) is 19.2 Å². The van der Waals surface area contributed by atoms with Crippen LogP contribution in [0.1, 0.15) is 15.9 Å². The highest BCUT2D eigenvalue weighted by Gasteiger charge is 2.35. The molecule has 2 aromatic rings. The Morgan fingerprint density at radius 3 is 2.48 bits per heavy atom. The van der Waals surface area contributed by atoms with Crippen molar-refractivity contribution in [1.29, 1.82) is 0 Å². The van der Waals surface area contributed by atoms with Crippen LogP contribution in [0.2, 0.25) is 0 Å². The van der Waals surface area contributed by atoms with Crippen molar-refractivity contribution in [2.24, 2.45) is 5.73 Å². The molecule has 0 aliphatic carbocycles. The number of esters is 1. The molecule has 148 valence electrons. The molecule has 2 N–H and O–H groups in total. The van der Waals surface area contributed by atoms with Crippen molar-refractivity contribution in [2.45, 2.75) is 0 Å². The second-order valence-electron chi connectivity index (χ2n) is 5.92. The van der Waals surface area contributed by atoms with Gasteiger partial charge in [-0.25, -0.2) is 4.79 Å². The van der Waals surface area contributed by atoms with Crippen LogP contribution in [0.5, 0.6) is 11.5 Å². The van der Waals surface area contributed by atoms with Crippen LogP contribution in [0.4, 0.5) is 4.79 Å². The van der Waals surface area contributed by atoms with Crippen LogP contribution < -0.4 is 15.2 Å². The minimum absolute atomic E-state index is 0.148. The van der Waals surface area contributed by atoms with Crippen LogP contribution in [-0.4, -0.2) is 41.6 Å². The molecule has 1 aliphatic rings. The second-order valence-corrected chi connectivity index (χ2v) is 6.92. The highest BCUT2D eigenvalue weighted by molar-refractivity contribution is 8.18. The zero-order valence-corrected chi connectivity index (χ0v) is 16.1. The lowest BCUT2D eigenvalue weighted by Crippen LogP contribution is -2.36. The summed E-state index contributed by atoms with van der Waals surface area (Å²) in [5.74, 6) is -1.03. The van der Waals surface area contributed by atoms with E-state index in [1.807, 2.05) is 0 Å². The summed E-state index contributed by atoms with van der Waals surface area (Å²) >= 11 is 0.710. The number of amides is 3. The predicted octanol–water partition coefficient (Wildman–Crippen LogP) is 2.44. The third kappa shape index (κ3) is 4.82. The fraction of sp³-hybridized carbons (Fsp3) is 0.100. The van der Waals surface area contributed by atoms with Crippen LogP contribution in [-0.2, 0) is 9.59 Å². The number of benzene rings is 2. The van der Waals surface area contributed by atoms with E-state index in [-0.39, 0.29) is 10.7 Å². The SMILES string of the molecule is COc1ccc(C(=O)Oc2cccc(/C=C3\SC(=O)N(CC(N)=O)C3=O)c2)cc1. The second kappa shape index (κ2) is 8.61. The predicted molar refractivity (Wildman–Crippen MR) is 106 cm³/mol. The number of carbonyl (C=O) groups is 4. The Bertz CT molecular complexity index is 1020. The van der Waals surface area contributed by atoms with Crippen LogP contribution in [0.25, 0.3) is 6.08 Å². The Kier molecular flexibility index (Phi) is 5.99. The molecule has 1 saturated heterocycles. The van der Waals surface area contributed by atoms with Crippen LogP contribution in [0, 0.1) is 0 Å². The van der Waals surface area contributed by atoms with Crippen molar-refractivity contribution in [3.8, 4) is 11.5 Å². The van der Waals surface area contributed by atoms with Crippen molar-refractivity contribution in [3.05, 3.63) is 64.6 Å². The zero-order valence-electron chi connectivity index (χ0n) is 15.3. The number of nitrogens with zero attached hydrogens (tertiary/aromatic N) is 1. The first-order valence-electron chi connectivity index (χ1n) is 8.37. The molecule has 3 amide bonds. The van der Waals surface area contributed by atoms with E-state index in [2.05, 4.69) is 0 Å². The Morgan fingerprint density at radius 1 is 1.10 bits per heavy atom. The van der Waals surface area contributed by atoms with Crippen molar-refractivity contribution >= 4 is 40.9 Å². The Labute approximate surface area is 170 Å². The fourth-order valence-electron chi connectivity index (χ4n) is 2.50. The van der Waals surface area contributed by atoms with E-state index >= 15 is 0 Å². The summed E-state index contributed by atoms with van der Waals surface area (Å²) in [6.45, 7) is -0.471. The summed E-state index contributed by atoms with van der Waals surface area (Å²) in [4.78, 5) is 48.4. The summed E-state index contributed by atoms with van der Waals surface area (Å²) in [5.41, 5.74) is 5.96. The van der Waals surface area contributed by atoms with Crippen LogP contribution in [0.3, 0.4) is 0 Å². The van der Waals surface area contributed by atoms with Gasteiger partial charge in [0, 0.05) is 0 Å². The zero-order chi connectivity index (χ0) is 21.0. The number of carbonyl (C=O) groups excluding carboxylic acids is 4. The lowest BCUT2D eigenvalue weighted by molar-refractivity contribution is -0.127. The number of thioether (sulfide) groups is 1. The molecule has 0 radical (unpaired) electrons. The van der Waals surface area contributed by atoms with E-state index in [1.165, 1.54) is 13.2 Å². The highest BCUT2D eigenvalue weighted by atomic mass is 32.2. The average Bonchev–Trinajstić information content (AvgIpc) is 2.95. The van der Waals surface area contributed by atoms with E-state index < -0.39 is 29.6 Å². The molecule has 8 nitrogen and oxygen atoms in total. The molecule has 0 saturated carbocycles. The van der Waals surface area contributed by atoms with Gasteiger partial charge in [-0.2, -0.15) is 0 Å². The van der Waals surface area contributed by atoms with Crippen molar-refractivity contribution in [2.75, 3.05) is 13.7 Å². The van der Waals surface area contributed by atoms with Gasteiger partial charge in [0.2, 0.25) is 5.91 Å². The first-order valence-corrected chi connectivity index (χ1v) is 9.19. The summed E-state index contributed by atoms with van der Waals surface area (Å²) < 4.78 is 10.4. The summed E-state index contributed by atoms with van der Waals surface area (Å²) in [5, 5.41) is -0.567. The van der Waals surface area contributed by atoms with Gasteiger partial charge in [-0.1, -0.05) is 12.1 Å². The minimum atomic E-state index is -0.777. The first-order chi connectivity index (χ1) is 13.9. The number of hydrogen-bond donors (Lipinski definition) is 1. The fourth-order valence-corrected chi connectivity index (χ4v) is 3.34. The van der Waals surface area contributed by atoms with Crippen LogP contribution >= 0.6 is 11.8 Å². The van der Waals surface area contributed by atoms with Crippen molar-refractivity contribution in [3.63, 3.8) is 0 Å². The van der Waals surface area contributed by atoms with E-state index in [0.717, 1.165) is 4.90 Å². The molecule has 29 heavy (non-hydrogen) atoms. The smallest absolute Gasteiger partial charge is 0.343 e. The Hall–Kier alpha value is -3.59. The van der Waals surface area contributed by atoms with Gasteiger partial charge in [0.1, 0.15) is 18.0 Å². The maximum atomic E-state index is 12.3. The molecule has 0 spiro atoms. The number of rotatable bonds is 6. The molecule has 2 aromatic carbocycles. The molecule has 0 atom stereocenters. The maximum absolute atomic E-state index is 12.3. The van der Waals surface area contributed by atoms with Gasteiger partial charge >= 0.3 is 5.97 Å². The van der Waals surface area contributed by atoms with E-state index in [1.54, 1.807) is 48.5 Å². The third-order valence-electron chi connectivity index (χ3n) is 3.88. The van der Waals surface area contributed by atoms with Gasteiger partial charge in [0.05, 0.1) is 17.6 Å². The molecule has 3 rings (SSSR count). The Balaban J connectivity index is 1.75. The van der Waals surface area contributed by atoms with Gasteiger partial charge in [0.15, 0.2) is 0 Å². The molecule has 0 bridgehead atoms. The van der Waals surface area contributed by atoms with Gasteiger partial charge in [-0.15, -0.1) is 0 Å². The topological polar surface area (TPSA) is 116 Å². The Morgan fingerprint density at radius 2 is 1.83 bits per heavy atom. The first kappa shape index (κ1) is 20.2. The minimum Gasteiger partial charge on any atom is -0.497 e. The van der Waals surface area contributed by atoms with E-state index in [0.29, 0.717) is 28.6 Å². The number of hydrogen-bond acceptors (Lipinski definition) is 7. The molecule has 0 unspecified atom stereocenters. The quantitative estimate of drug-likeness (QED) is 0.440. The number of ether oxygens (including phenoxy) is 2. The molecular formula is C20H16N2O6S. The van der Waals surface area contributed by atoms with Crippen molar-refractivity contribution in [1.82, 2.24) is 4.90 Å². The van der Waals surface area contributed by atoms with E-state index in [4.69, 9.17) is 15.2 Å². The molecule has 9 heteroatoms. The highest BCUT2D eigenvalue weighted by Crippen LogP contribution is 2.32. The summed E-state index contributed by atoms with van der Waals surface area (Å²) in [6.07, 6.45) is 1.48. The molecule has 1 aliphatic heterocycles. The lowest BCUT2D eigenvalue weighted by Gasteiger charge is -2.08. The van der Waals surface area contributed by atoms with Gasteiger partial charge in [0.25, 0.3) is 11.1 Å². The third-order valence-corrected chi connectivity index (χ3v) is 4.79. The van der Waals surface area contributed by atoms with Gasteiger partial charge in [-0.3, -0.25) is 19.3 Å². The largest absolute Gasteiger partial charge is 0.497 e. The monoisotopic (exact) mass is 412 g/mol. The standard InChI is InChI=1S/C20H16N2O6S/c1-27-14-7-5-13(6-8-14)19(25)28-15-4-2-3-12(9-15)10-16-18(24)22(11-17(21)23)20(26)29-16/h2-10H,11H2,1H3,(H2,21,23)/b16-10-. The normalized spacial score (nSPS) is 14.9. The average molecular weight is 412 g/mol. The number of methoxy groups -OCH3 is 1. The maximum Gasteiger partial charge on any atom is 0.343 e. The van der Waals surface area contributed by atoms with Gasteiger partial charge < -0.3 is 15.2 Å². The molecular weight excluding hydrogens is 396 g/mol.